The predicted octanol–water partition coefficient (Wildman–Crippen LogP) is 6.38. The molecule has 5 aromatic rings. The van der Waals surface area contributed by atoms with Crippen LogP contribution >= 0.6 is 0 Å². The van der Waals surface area contributed by atoms with E-state index in [1.165, 1.54) is 97.1 Å². The van der Waals surface area contributed by atoms with Crippen molar-refractivity contribution >= 4 is 40.1 Å². The van der Waals surface area contributed by atoms with Gasteiger partial charge in [-0.25, -0.2) is 33.7 Å². The highest BCUT2D eigenvalue weighted by atomic mass is 32.3. The Morgan fingerprint density at radius 1 is 0.423 bits per heavy atom. The number of benzene rings is 5. The molecule has 274 valence electrons. The minimum atomic E-state index is -4.99. The van der Waals surface area contributed by atoms with E-state index in [1.54, 1.807) is 58.0 Å². The number of aryl methyl sites for hydroxylation is 5. The van der Waals surface area contributed by atoms with Crippen LogP contribution in [0.2, 0.25) is 0 Å². The molecule has 0 aliphatic rings. The second-order valence-corrected chi connectivity index (χ2v) is 20.4. The molecule has 0 radical (unpaired) electrons. The summed E-state index contributed by atoms with van der Waals surface area (Å²) in [7, 11) is -19.9. The molecule has 14 heteroatoms. The second kappa shape index (κ2) is 15.4. The average Bonchev–Trinajstić information content (AvgIpc) is 3.10. The first-order valence-electron chi connectivity index (χ1n) is 16.3. The lowest BCUT2D eigenvalue weighted by atomic mass is 10.1. The van der Waals surface area contributed by atoms with Gasteiger partial charge in [0.25, 0.3) is 40.1 Å². The molecule has 1 unspecified atom stereocenters. The van der Waals surface area contributed by atoms with Crippen molar-refractivity contribution in [2.75, 3.05) is 6.54 Å². The molecule has 0 spiro atoms. The molecular weight excluding hydrogens is 741 g/mol. The molecule has 0 N–H and O–H groups in total. The summed E-state index contributed by atoms with van der Waals surface area (Å²) in [6.45, 7) is 5.89. The standard InChI is InChI=1S/C38H40N2O8S4/c1-29-10-20-35(21-11-29)49(41,42)39(50(43,44)36-22-12-30(2)13-23-36)28-34(19-18-33-8-6-5-7-9-33)40(51(45,46)37-24-14-31(3)15-25-37)52(47,48)38-26-16-32(4)17-27-38/h5-17,20-27,34H,18-19,28H2,1-4H3. The Morgan fingerprint density at radius 2 is 0.731 bits per heavy atom. The summed E-state index contributed by atoms with van der Waals surface area (Å²) in [5.41, 5.74) is 3.56. The summed E-state index contributed by atoms with van der Waals surface area (Å²) in [4.78, 5) is -1.48. The molecule has 1 atom stereocenters. The third-order valence-corrected chi connectivity index (χ3v) is 17.3. The topological polar surface area (TPSA) is 143 Å². The summed E-state index contributed by atoms with van der Waals surface area (Å²) in [6.07, 6.45) is -0.193. The summed E-state index contributed by atoms with van der Waals surface area (Å²) < 4.78 is 117. The lowest BCUT2D eigenvalue weighted by Gasteiger charge is -2.33. The number of nitrogens with zero attached hydrogens (tertiary/aromatic N) is 2. The van der Waals surface area contributed by atoms with Gasteiger partial charge in [0.2, 0.25) is 0 Å². The van der Waals surface area contributed by atoms with Gasteiger partial charge in [0.05, 0.1) is 25.6 Å². The SMILES string of the molecule is Cc1ccc(S(=O)(=O)N(CC(CCc2ccccc2)N(S(=O)(=O)c2ccc(C)cc2)S(=O)(=O)c2ccc(C)cc2)S(=O)(=O)c2ccc(C)cc2)cc1. The molecule has 0 aliphatic heterocycles. The average molecular weight is 781 g/mol. The lowest BCUT2D eigenvalue weighted by molar-refractivity contribution is 0.360. The zero-order valence-corrected chi connectivity index (χ0v) is 32.4. The van der Waals surface area contributed by atoms with Gasteiger partial charge in [0.1, 0.15) is 0 Å². The van der Waals surface area contributed by atoms with Crippen LogP contribution < -0.4 is 0 Å². The van der Waals surface area contributed by atoms with E-state index >= 15 is 0 Å². The van der Waals surface area contributed by atoms with E-state index in [0.29, 0.717) is 31.5 Å². The van der Waals surface area contributed by atoms with Gasteiger partial charge in [-0.2, -0.15) is 0 Å². The van der Waals surface area contributed by atoms with Gasteiger partial charge in [-0.15, -0.1) is 0 Å². The van der Waals surface area contributed by atoms with Crippen molar-refractivity contribution in [1.29, 1.82) is 0 Å². The lowest BCUT2D eigenvalue weighted by Crippen LogP contribution is -2.52. The van der Waals surface area contributed by atoms with Crippen molar-refractivity contribution in [3.8, 4) is 0 Å². The zero-order chi connectivity index (χ0) is 37.9. The Labute approximate surface area is 307 Å². The fourth-order valence-corrected chi connectivity index (χ4v) is 13.3. The third-order valence-electron chi connectivity index (χ3n) is 8.55. The van der Waals surface area contributed by atoms with E-state index in [4.69, 9.17) is 0 Å². The molecule has 0 fully saturated rings. The molecule has 10 nitrogen and oxygen atoms in total. The van der Waals surface area contributed by atoms with Gasteiger partial charge in [0.15, 0.2) is 0 Å². The second-order valence-electron chi connectivity index (χ2n) is 12.6. The summed E-state index contributed by atoms with van der Waals surface area (Å²) in [6, 6.07) is 29.2. The minimum absolute atomic E-state index is 0.0812. The van der Waals surface area contributed by atoms with E-state index in [-0.39, 0.29) is 36.1 Å². The van der Waals surface area contributed by atoms with Crippen molar-refractivity contribution in [3.63, 3.8) is 0 Å². The molecule has 0 bridgehead atoms. The van der Waals surface area contributed by atoms with Crippen molar-refractivity contribution in [2.45, 2.75) is 66.2 Å². The van der Waals surface area contributed by atoms with Crippen molar-refractivity contribution in [2.24, 2.45) is 0 Å². The summed E-state index contributed by atoms with van der Waals surface area (Å²) >= 11 is 0. The van der Waals surface area contributed by atoms with Crippen LogP contribution in [0.3, 0.4) is 0 Å². The summed E-state index contributed by atoms with van der Waals surface area (Å²) in [5, 5.41) is 0. The van der Waals surface area contributed by atoms with Gasteiger partial charge in [0, 0.05) is 6.54 Å². The third kappa shape index (κ3) is 8.38. The smallest absolute Gasteiger partial charge is 0.206 e. The first kappa shape index (κ1) is 39.0. The van der Waals surface area contributed by atoms with Crippen LogP contribution in [0.1, 0.15) is 34.2 Å². The van der Waals surface area contributed by atoms with E-state index < -0.39 is 52.7 Å². The van der Waals surface area contributed by atoms with E-state index in [2.05, 4.69) is 0 Å². The van der Waals surface area contributed by atoms with Crippen LogP contribution in [0.4, 0.5) is 0 Å². The largest absolute Gasteiger partial charge is 0.256 e. The molecule has 0 saturated carbocycles. The normalized spacial score (nSPS) is 13.3. The van der Waals surface area contributed by atoms with Gasteiger partial charge in [-0.1, -0.05) is 109 Å². The Hall–Kier alpha value is -4.18. The van der Waals surface area contributed by atoms with E-state index in [0.717, 1.165) is 0 Å². The number of sulfonamides is 4. The van der Waals surface area contributed by atoms with Crippen molar-refractivity contribution < 1.29 is 33.7 Å². The van der Waals surface area contributed by atoms with E-state index in [1.807, 2.05) is 0 Å². The van der Waals surface area contributed by atoms with E-state index in [9.17, 15) is 33.7 Å². The maximum Gasteiger partial charge on any atom is 0.256 e. The molecule has 0 heterocycles. The summed E-state index contributed by atoms with van der Waals surface area (Å²) in [5.74, 6) is 0. The fraction of sp³-hybridized carbons (Fsp3) is 0.211. The monoisotopic (exact) mass is 780 g/mol. The molecule has 0 amide bonds. The highest BCUT2D eigenvalue weighted by Gasteiger charge is 2.47. The maximum absolute atomic E-state index is 14.7. The van der Waals surface area contributed by atoms with Crippen LogP contribution in [-0.4, -0.2) is 53.7 Å². The van der Waals surface area contributed by atoms with Crippen LogP contribution in [0.25, 0.3) is 0 Å². The highest BCUT2D eigenvalue weighted by molar-refractivity contribution is 8.04. The minimum Gasteiger partial charge on any atom is -0.206 e. The Kier molecular flexibility index (Phi) is 11.6. The maximum atomic E-state index is 14.7. The van der Waals surface area contributed by atoms with Gasteiger partial charge >= 0.3 is 0 Å². The van der Waals surface area contributed by atoms with Gasteiger partial charge < -0.3 is 0 Å². The van der Waals surface area contributed by atoms with Crippen LogP contribution in [0.5, 0.6) is 0 Å². The number of hydrogen-bond donors (Lipinski definition) is 0. The van der Waals surface area contributed by atoms with Crippen LogP contribution in [0, 0.1) is 27.7 Å². The van der Waals surface area contributed by atoms with Gasteiger partial charge in [-0.3, -0.25) is 0 Å². The van der Waals surface area contributed by atoms with Crippen molar-refractivity contribution in [3.05, 3.63) is 155 Å². The molecule has 52 heavy (non-hydrogen) atoms. The van der Waals surface area contributed by atoms with Crippen molar-refractivity contribution in [1.82, 2.24) is 7.42 Å². The number of hydrogen-bond acceptors (Lipinski definition) is 8. The Bertz CT molecular complexity index is 2300. The molecule has 5 aromatic carbocycles. The van der Waals surface area contributed by atoms with Gasteiger partial charge in [-0.05, 0) is 94.6 Å². The first-order valence-corrected chi connectivity index (χ1v) is 22.1. The molecular formula is C38H40N2O8S4. The highest BCUT2D eigenvalue weighted by Crippen LogP contribution is 2.33. The first-order chi connectivity index (χ1) is 24.4. The quantitative estimate of drug-likeness (QED) is 0.126. The molecule has 0 aliphatic carbocycles. The van der Waals surface area contributed by atoms with Crippen LogP contribution in [-0.2, 0) is 46.5 Å². The zero-order valence-electron chi connectivity index (χ0n) is 29.1. The molecule has 0 saturated heterocycles. The molecule has 0 aromatic heterocycles. The Morgan fingerprint density at radius 3 is 1.06 bits per heavy atom. The predicted molar refractivity (Wildman–Crippen MR) is 201 cm³/mol. The fourth-order valence-electron chi connectivity index (χ4n) is 5.54. The number of rotatable bonds is 14. The Balaban J connectivity index is 1.78. The molecule has 5 rings (SSSR count). The van der Waals surface area contributed by atoms with Crippen LogP contribution in [0.15, 0.2) is 147 Å².